The van der Waals surface area contributed by atoms with E-state index in [-0.39, 0.29) is 0 Å². The van der Waals surface area contributed by atoms with Crippen LogP contribution in [0.15, 0.2) is 22.7 Å². The van der Waals surface area contributed by atoms with E-state index in [9.17, 15) is 0 Å². The van der Waals surface area contributed by atoms with E-state index in [0.29, 0.717) is 25.7 Å². The van der Waals surface area contributed by atoms with Crippen molar-refractivity contribution >= 4 is 38.6 Å². The number of rotatable bonds is 8. The molecule has 0 aliphatic rings. The van der Waals surface area contributed by atoms with Crippen LogP contribution in [0.25, 0.3) is 11.0 Å². The summed E-state index contributed by atoms with van der Waals surface area (Å²) >= 11 is 9.36. The number of hydrogen-bond acceptors (Lipinski definition) is 3. The number of halogens is 2. The van der Waals surface area contributed by atoms with Crippen LogP contribution in [0, 0.1) is 0 Å². The minimum absolute atomic E-state index is 0.565. The summed E-state index contributed by atoms with van der Waals surface area (Å²) in [6, 6.07) is 6.09. The Morgan fingerprint density at radius 2 is 2.15 bits per heavy atom. The minimum Gasteiger partial charge on any atom is -0.382 e. The Bertz CT molecular complexity index is 559. The van der Waals surface area contributed by atoms with Crippen molar-refractivity contribution in [2.24, 2.45) is 0 Å². The number of ether oxygens (including phenoxy) is 2. The van der Waals surface area contributed by atoms with Crippen LogP contribution in [0.5, 0.6) is 0 Å². The number of aryl methyl sites for hydroxylation is 1. The van der Waals surface area contributed by atoms with Gasteiger partial charge in [-0.25, -0.2) is 4.98 Å². The number of benzene rings is 1. The first-order valence-electron chi connectivity index (χ1n) is 6.53. The third-order valence-electron chi connectivity index (χ3n) is 3.00. The second kappa shape index (κ2) is 7.98. The molecule has 4 nitrogen and oxygen atoms in total. The highest BCUT2D eigenvalue weighted by Gasteiger charge is 2.10. The first kappa shape index (κ1) is 15.8. The summed E-state index contributed by atoms with van der Waals surface area (Å²) in [5, 5.41) is 0. The Kier molecular flexibility index (Phi) is 6.29. The molecule has 110 valence electrons. The van der Waals surface area contributed by atoms with E-state index in [0.717, 1.165) is 34.3 Å². The third-order valence-corrected chi connectivity index (χ3v) is 3.68. The van der Waals surface area contributed by atoms with Gasteiger partial charge in [0.15, 0.2) is 0 Å². The van der Waals surface area contributed by atoms with Crippen molar-refractivity contribution in [2.45, 2.75) is 13.0 Å². The van der Waals surface area contributed by atoms with E-state index in [2.05, 4.69) is 31.5 Å². The fraction of sp³-hybridized carbons (Fsp3) is 0.500. The van der Waals surface area contributed by atoms with E-state index >= 15 is 0 Å². The van der Waals surface area contributed by atoms with Crippen LogP contribution < -0.4 is 0 Å². The smallest absolute Gasteiger partial charge is 0.111 e. The maximum absolute atomic E-state index is 5.86. The normalized spacial score (nSPS) is 11.3. The molecular weight excluding hydrogens is 344 g/mol. The monoisotopic (exact) mass is 360 g/mol. The van der Waals surface area contributed by atoms with Crippen LogP contribution in [-0.2, 0) is 22.4 Å². The zero-order valence-corrected chi connectivity index (χ0v) is 13.8. The first-order valence-corrected chi connectivity index (χ1v) is 7.86. The van der Waals surface area contributed by atoms with E-state index in [1.54, 1.807) is 7.11 Å². The Labute approximate surface area is 132 Å². The molecule has 0 atom stereocenters. The van der Waals surface area contributed by atoms with E-state index in [4.69, 9.17) is 21.1 Å². The molecule has 0 fully saturated rings. The topological polar surface area (TPSA) is 36.3 Å². The Morgan fingerprint density at radius 3 is 2.90 bits per heavy atom. The summed E-state index contributed by atoms with van der Waals surface area (Å²) in [6.07, 6.45) is 0.756. The Morgan fingerprint density at radius 1 is 1.30 bits per heavy atom. The number of hydrogen-bond donors (Lipinski definition) is 0. The van der Waals surface area contributed by atoms with Gasteiger partial charge in [0.05, 0.1) is 30.9 Å². The lowest BCUT2D eigenvalue weighted by Crippen LogP contribution is -2.12. The number of methoxy groups -OCH3 is 1. The van der Waals surface area contributed by atoms with Crippen molar-refractivity contribution in [3.8, 4) is 0 Å². The van der Waals surface area contributed by atoms with Gasteiger partial charge in [-0.05, 0) is 18.2 Å². The van der Waals surface area contributed by atoms with Crippen molar-refractivity contribution in [1.29, 1.82) is 0 Å². The van der Waals surface area contributed by atoms with Gasteiger partial charge in [0, 0.05) is 30.4 Å². The van der Waals surface area contributed by atoms with Crippen LogP contribution in [-0.4, -0.2) is 42.4 Å². The lowest BCUT2D eigenvalue weighted by atomic mass is 10.3. The van der Waals surface area contributed by atoms with Gasteiger partial charge in [0.2, 0.25) is 0 Å². The average molecular weight is 362 g/mol. The Hall–Kier alpha value is -0.620. The van der Waals surface area contributed by atoms with Crippen LogP contribution in [0.1, 0.15) is 5.82 Å². The summed E-state index contributed by atoms with van der Waals surface area (Å²) in [4.78, 5) is 4.64. The van der Waals surface area contributed by atoms with Crippen molar-refractivity contribution in [2.75, 3.05) is 32.8 Å². The third kappa shape index (κ3) is 3.95. The molecule has 1 aromatic carbocycles. The maximum Gasteiger partial charge on any atom is 0.111 e. The van der Waals surface area contributed by atoms with Crippen molar-refractivity contribution in [3.05, 3.63) is 28.5 Å². The van der Waals surface area contributed by atoms with Gasteiger partial charge in [0.25, 0.3) is 0 Å². The highest BCUT2D eigenvalue weighted by Crippen LogP contribution is 2.21. The molecule has 0 amide bonds. The number of imidazole rings is 1. The predicted molar refractivity (Wildman–Crippen MR) is 84.6 cm³/mol. The largest absolute Gasteiger partial charge is 0.382 e. The SMILES string of the molecule is COCCOCCn1c(CCCl)nc2ccc(Br)cc21. The molecule has 1 aromatic heterocycles. The van der Waals surface area contributed by atoms with Crippen LogP contribution in [0.3, 0.4) is 0 Å². The number of alkyl halides is 1. The van der Waals surface area contributed by atoms with Crippen LogP contribution >= 0.6 is 27.5 Å². The molecule has 2 aromatic rings. The molecule has 6 heteroatoms. The number of aromatic nitrogens is 2. The standard InChI is InChI=1S/C14H18BrClN2O2/c1-19-8-9-20-7-6-18-13-10-11(15)2-3-12(13)17-14(18)4-5-16/h2-3,10H,4-9H2,1H3. The summed E-state index contributed by atoms with van der Waals surface area (Å²) in [6.45, 7) is 2.63. The molecule has 0 spiro atoms. The molecule has 0 unspecified atom stereocenters. The highest BCUT2D eigenvalue weighted by atomic mass is 79.9. The molecule has 0 bridgehead atoms. The maximum atomic E-state index is 5.86. The summed E-state index contributed by atoms with van der Waals surface area (Å²) in [7, 11) is 1.67. The molecule has 0 saturated carbocycles. The van der Waals surface area contributed by atoms with Crippen LogP contribution in [0.4, 0.5) is 0 Å². The van der Waals surface area contributed by atoms with Gasteiger partial charge in [-0.3, -0.25) is 0 Å². The van der Waals surface area contributed by atoms with Gasteiger partial charge < -0.3 is 14.0 Å². The fourth-order valence-corrected chi connectivity index (χ4v) is 2.59. The van der Waals surface area contributed by atoms with Gasteiger partial charge in [0.1, 0.15) is 5.82 Å². The lowest BCUT2D eigenvalue weighted by molar-refractivity contribution is 0.0667. The second-order valence-corrected chi connectivity index (χ2v) is 5.65. The molecule has 2 rings (SSSR count). The molecule has 0 saturated heterocycles. The van der Waals surface area contributed by atoms with E-state index in [1.807, 2.05) is 12.1 Å². The van der Waals surface area contributed by atoms with Crippen LogP contribution in [0.2, 0.25) is 0 Å². The molecule has 0 aliphatic heterocycles. The van der Waals surface area contributed by atoms with Crippen molar-refractivity contribution in [3.63, 3.8) is 0 Å². The lowest BCUT2D eigenvalue weighted by Gasteiger charge is -2.09. The van der Waals surface area contributed by atoms with Gasteiger partial charge in [-0.15, -0.1) is 11.6 Å². The first-order chi connectivity index (χ1) is 9.76. The molecule has 20 heavy (non-hydrogen) atoms. The molecule has 0 aliphatic carbocycles. The van der Waals surface area contributed by atoms with Crippen molar-refractivity contribution in [1.82, 2.24) is 9.55 Å². The van der Waals surface area contributed by atoms with Gasteiger partial charge >= 0.3 is 0 Å². The molecule has 1 heterocycles. The summed E-state index contributed by atoms with van der Waals surface area (Å²) in [5.41, 5.74) is 2.10. The number of nitrogens with zero attached hydrogens (tertiary/aromatic N) is 2. The zero-order valence-electron chi connectivity index (χ0n) is 11.4. The fourth-order valence-electron chi connectivity index (χ4n) is 2.07. The van der Waals surface area contributed by atoms with Gasteiger partial charge in [-0.2, -0.15) is 0 Å². The zero-order chi connectivity index (χ0) is 14.4. The van der Waals surface area contributed by atoms with E-state index < -0.39 is 0 Å². The minimum atomic E-state index is 0.565. The number of fused-ring (bicyclic) bond motifs is 1. The average Bonchev–Trinajstić information content (AvgIpc) is 2.76. The Balaban J connectivity index is 2.15. The van der Waals surface area contributed by atoms with Gasteiger partial charge in [-0.1, -0.05) is 15.9 Å². The quantitative estimate of drug-likeness (QED) is 0.535. The summed E-state index contributed by atoms with van der Waals surface area (Å²) in [5.74, 6) is 1.57. The molecule has 0 N–H and O–H groups in total. The van der Waals surface area contributed by atoms with Crippen molar-refractivity contribution < 1.29 is 9.47 Å². The molecular formula is C14H18BrClN2O2. The highest BCUT2D eigenvalue weighted by molar-refractivity contribution is 9.10. The second-order valence-electron chi connectivity index (χ2n) is 4.36. The molecule has 0 radical (unpaired) electrons. The summed E-state index contributed by atoms with van der Waals surface area (Å²) < 4.78 is 13.7. The predicted octanol–water partition coefficient (Wildman–Crippen LogP) is 3.24. The van der Waals surface area contributed by atoms with E-state index in [1.165, 1.54) is 0 Å².